The zero-order valence-corrected chi connectivity index (χ0v) is 13.5. The second-order valence-electron chi connectivity index (χ2n) is 6.03. The highest BCUT2D eigenvalue weighted by atomic mass is 32.1. The van der Waals surface area contributed by atoms with E-state index in [9.17, 15) is 0 Å². The highest BCUT2D eigenvalue weighted by molar-refractivity contribution is 7.09. The lowest BCUT2D eigenvalue weighted by atomic mass is 10.1. The van der Waals surface area contributed by atoms with Gasteiger partial charge in [0, 0.05) is 23.4 Å². The number of ether oxygens (including phenoxy) is 1. The fourth-order valence-electron chi connectivity index (χ4n) is 1.88. The molecule has 110 valence electrons. The minimum absolute atomic E-state index is 0.255. The molecule has 0 saturated heterocycles. The molecule has 1 heterocycles. The Kier molecular flexibility index (Phi) is 8.35. The highest BCUT2D eigenvalue weighted by Gasteiger charge is 2.06. The van der Waals surface area contributed by atoms with Crippen LogP contribution in [-0.2, 0) is 11.2 Å². The van der Waals surface area contributed by atoms with Crippen molar-refractivity contribution < 1.29 is 4.74 Å². The molecule has 1 N–H and O–H groups in total. The van der Waals surface area contributed by atoms with Crippen molar-refractivity contribution in [1.29, 1.82) is 0 Å². The molecule has 0 aliphatic carbocycles. The topological polar surface area (TPSA) is 21.3 Å². The summed E-state index contributed by atoms with van der Waals surface area (Å²) in [5, 5.41) is 5.64. The van der Waals surface area contributed by atoms with Gasteiger partial charge in [0.15, 0.2) is 0 Å². The second-order valence-corrected chi connectivity index (χ2v) is 7.06. The van der Waals surface area contributed by atoms with Crippen LogP contribution in [0.4, 0.5) is 0 Å². The number of hydrogen-bond acceptors (Lipinski definition) is 3. The van der Waals surface area contributed by atoms with Crippen LogP contribution in [0.25, 0.3) is 0 Å². The molecule has 19 heavy (non-hydrogen) atoms. The van der Waals surface area contributed by atoms with E-state index in [2.05, 4.69) is 43.6 Å². The third-order valence-corrected chi connectivity index (χ3v) is 3.88. The third kappa shape index (κ3) is 10.1. The van der Waals surface area contributed by atoms with E-state index in [1.807, 2.05) is 11.3 Å². The van der Waals surface area contributed by atoms with E-state index < -0.39 is 0 Å². The van der Waals surface area contributed by atoms with Gasteiger partial charge in [-0.3, -0.25) is 0 Å². The van der Waals surface area contributed by atoms with Crippen LogP contribution in [0.5, 0.6) is 0 Å². The maximum absolute atomic E-state index is 5.66. The van der Waals surface area contributed by atoms with Gasteiger partial charge < -0.3 is 10.1 Å². The van der Waals surface area contributed by atoms with Gasteiger partial charge in [-0.15, -0.1) is 11.3 Å². The van der Waals surface area contributed by atoms with Crippen LogP contribution < -0.4 is 5.32 Å². The van der Waals surface area contributed by atoms with Crippen LogP contribution in [0.2, 0.25) is 0 Å². The second kappa shape index (κ2) is 9.51. The average Bonchev–Trinajstić information content (AvgIpc) is 2.83. The van der Waals surface area contributed by atoms with Gasteiger partial charge in [-0.2, -0.15) is 0 Å². The van der Waals surface area contributed by atoms with E-state index in [0.29, 0.717) is 0 Å². The molecule has 0 aromatic carbocycles. The summed E-state index contributed by atoms with van der Waals surface area (Å²) in [5.74, 6) is 0. The van der Waals surface area contributed by atoms with Crippen molar-refractivity contribution in [3.63, 3.8) is 0 Å². The van der Waals surface area contributed by atoms with Crippen LogP contribution in [0.1, 0.15) is 51.3 Å². The predicted octanol–water partition coefficient (Wildman–Crippen LogP) is 4.26. The number of rotatable bonds is 10. The predicted molar refractivity (Wildman–Crippen MR) is 85.1 cm³/mol. The molecule has 0 saturated carbocycles. The van der Waals surface area contributed by atoms with Crippen molar-refractivity contribution in [3.8, 4) is 0 Å². The molecule has 0 bridgehead atoms. The molecule has 0 amide bonds. The maximum atomic E-state index is 5.66. The van der Waals surface area contributed by atoms with Crippen molar-refractivity contribution in [3.05, 3.63) is 22.4 Å². The van der Waals surface area contributed by atoms with Crippen LogP contribution in [-0.4, -0.2) is 25.3 Å². The quantitative estimate of drug-likeness (QED) is 0.648. The smallest absolute Gasteiger partial charge is 0.0514 e. The Morgan fingerprint density at radius 2 is 1.89 bits per heavy atom. The first-order chi connectivity index (χ1) is 9.08. The van der Waals surface area contributed by atoms with Gasteiger partial charge in [-0.25, -0.2) is 0 Å². The molecule has 0 radical (unpaired) electrons. The number of nitrogens with one attached hydrogen (secondary N) is 1. The Hall–Kier alpha value is -0.380. The summed E-state index contributed by atoms with van der Waals surface area (Å²) in [4.78, 5) is 1.42. The highest BCUT2D eigenvalue weighted by Crippen LogP contribution is 2.09. The molecular weight excluding hydrogens is 254 g/mol. The van der Waals surface area contributed by atoms with Gasteiger partial charge in [0.1, 0.15) is 0 Å². The minimum Gasteiger partial charge on any atom is -0.381 e. The summed E-state index contributed by atoms with van der Waals surface area (Å²) in [5.41, 5.74) is 0.255. The Bertz CT molecular complexity index is 303. The third-order valence-electron chi connectivity index (χ3n) is 2.94. The molecule has 0 spiro atoms. The van der Waals surface area contributed by atoms with E-state index in [0.717, 1.165) is 26.2 Å². The average molecular weight is 283 g/mol. The van der Waals surface area contributed by atoms with E-state index in [1.54, 1.807) is 0 Å². The van der Waals surface area contributed by atoms with Crippen LogP contribution in [0, 0.1) is 0 Å². The lowest BCUT2D eigenvalue weighted by Crippen LogP contribution is -2.36. The molecule has 0 unspecified atom stereocenters. The standard InChI is InChI=1S/C16H29NOS/c1-16(2,3)17-11-6-4-5-7-12-18-13-10-15-9-8-14-19-15/h8-9,14,17H,4-7,10-13H2,1-3H3. The van der Waals surface area contributed by atoms with Gasteiger partial charge in [-0.05, 0) is 51.6 Å². The monoisotopic (exact) mass is 283 g/mol. The lowest BCUT2D eigenvalue weighted by molar-refractivity contribution is 0.133. The fourth-order valence-corrected chi connectivity index (χ4v) is 2.57. The number of unbranched alkanes of at least 4 members (excludes halogenated alkanes) is 3. The van der Waals surface area contributed by atoms with Crippen LogP contribution >= 0.6 is 11.3 Å². The first kappa shape index (κ1) is 16.7. The Labute approximate surface area is 122 Å². The summed E-state index contributed by atoms with van der Waals surface area (Å²) in [6.45, 7) is 9.56. The Balaban J connectivity index is 1.79. The molecule has 0 fully saturated rings. The van der Waals surface area contributed by atoms with Crippen molar-refractivity contribution in [1.82, 2.24) is 5.32 Å². The van der Waals surface area contributed by atoms with Gasteiger partial charge in [0.25, 0.3) is 0 Å². The first-order valence-electron chi connectivity index (χ1n) is 7.43. The summed E-state index contributed by atoms with van der Waals surface area (Å²) in [6, 6.07) is 4.28. The summed E-state index contributed by atoms with van der Waals surface area (Å²) in [6.07, 6.45) is 6.11. The van der Waals surface area contributed by atoms with E-state index in [1.165, 1.54) is 30.6 Å². The fraction of sp³-hybridized carbons (Fsp3) is 0.750. The number of thiophene rings is 1. The van der Waals surface area contributed by atoms with E-state index in [-0.39, 0.29) is 5.54 Å². The largest absolute Gasteiger partial charge is 0.381 e. The Morgan fingerprint density at radius 1 is 1.11 bits per heavy atom. The maximum Gasteiger partial charge on any atom is 0.0514 e. The molecule has 0 aliphatic heterocycles. The summed E-state index contributed by atoms with van der Waals surface area (Å²) < 4.78 is 5.66. The van der Waals surface area contributed by atoms with Gasteiger partial charge in [0.05, 0.1) is 6.61 Å². The molecule has 3 heteroatoms. The van der Waals surface area contributed by atoms with Gasteiger partial charge >= 0.3 is 0 Å². The molecular formula is C16H29NOS. The lowest BCUT2D eigenvalue weighted by Gasteiger charge is -2.20. The molecule has 1 aromatic heterocycles. The molecule has 2 nitrogen and oxygen atoms in total. The normalized spacial score (nSPS) is 11.9. The first-order valence-corrected chi connectivity index (χ1v) is 8.31. The molecule has 0 atom stereocenters. The van der Waals surface area contributed by atoms with Crippen molar-refractivity contribution in [2.45, 2.75) is 58.4 Å². The number of hydrogen-bond donors (Lipinski definition) is 1. The van der Waals surface area contributed by atoms with Gasteiger partial charge in [-0.1, -0.05) is 18.9 Å². The van der Waals surface area contributed by atoms with Crippen molar-refractivity contribution >= 4 is 11.3 Å². The summed E-state index contributed by atoms with van der Waals surface area (Å²) >= 11 is 1.82. The van der Waals surface area contributed by atoms with Crippen molar-refractivity contribution in [2.24, 2.45) is 0 Å². The van der Waals surface area contributed by atoms with Crippen LogP contribution in [0.3, 0.4) is 0 Å². The zero-order chi connectivity index (χ0) is 14.0. The SMILES string of the molecule is CC(C)(C)NCCCCCCOCCc1cccs1. The molecule has 1 rings (SSSR count). The van der Waals surface area contributed by atoms with Crippen LogP contribution in [0.15, 0.2) is 17.5 Å². The minimum atomic E-state index is 0.255. The Morgan fingerprint density at radius 3 is 2.58 bits per heavy atom. The molecule has 0 aliphatic rings. The van der Waals surface area contributed by atoms with Crippen molar-refractivity contribution in [2.75, 3.05) is 19.8 Å². The summed E-state index contributed by atoms with van der Waals surface area (Å²) in [7, 11) is 0. The van der Waals surface area contributed by atoms with Gasteiger partial charge in [0.2, 0.25) is 0 Å². The van der Waals surface area contributed by atoms with E-state index >= 15 is 0 Å². The van der Waals surface area contributed by atoms with E-state index in [4.69, 9.17) is 4.74 Å². The zero-order valence-electron chi connectivity index (χ0n) is 12.7. The molecule has 1 aromatic rings.